The van der Waals surface area contributed by atoms with Crippen molar-refractivity contribution in [1.29, 1.82) is 0 Å². The summed E-state index contributed by atoms with van der Waals surface area (Å²) in [6.45, 7) is 8.29. The molecule has 1 aromatic rings. The van der Waals surface area contributed by atoms with E-state index in [0.29, 0.717) is 0 Å². The molecule has 0 aliphatic heterocycles. The topological polar surface area (TPSA) is 26.2 Å². The second kappa shape index (κ2) is 8.31. The van der Waals surface area contributed by atoms with Crippen molar-refractivity contribution in [3.63, 3.8) is 0 Å². The Morgan fingerprint density at radius 2 is 2.12 bits per heavy atom. The minimum absolute atomic E-state index is 0.772. The molecule has 3 nitrogen and oxygen atoms in total. The standard InChI is InChI=1S/C14H26N2O/c1-4-13(5-2)11-16-8-6-14(12-16)10-15-7-9-17-3/h6,8,12-13,15H,4-5,7,9-11H2,1-3H3. The largest absolute Gasteiger partial charge is 0.383 e. The number of aromatic nitrogens is 1. The van der Waals surface area contributed by atoms with Gasteiger partial charge in [-0.2, -0.15) is 0 Å². The molecule has 0 unspecified atom stereocenters. The highest BCUT2D eigenvalue weighted by Crippen LogP contribution is 2.12. The van der Waals surface area contributed by atoms with E-state index >= 15 is 0 Å². The van der Waals surface area contributed by atoms with Gasteiger partial charge in [0.15, 0.2) is 0 Å². The first-order valence-corrected chi connectivity index (χ1v) is 6.64. The highest BCUT2D eigenvalue weighted by Gasteiger charge is 2.04. The second-order valence-corrected chi connectivity index (χ2v) is 4.57. The van der Waals surface area contributed by atoms with Gasteiger partial charge >= 0.3 is 0 Å². The summed E-state index contributed by atoms with van der Waals surface area (Å²) in [6.07, 6.45) is 6.95. The predicted molar refractivity (Wildman–Crippen MR) is 72.1 cm³/mol. The third kappa shape index (κ3) is 5.37. The second-order valence-electron chi connectivity index (χ2n) is 4.57. The Hall–Kier alpha value is -0.800. The van der Waals surface area contributed by atoms with E-state index < -0.39 is 0 Å². The summed E-state index contributed by atoms with van der Waals surface area (Å²) < 4.78 is 7.31. The average molecular weight is 238 g/mol. The molecule has 17 heavy (non-hydrogen) atoms. The highest BCUT2D eigenvalue weighted by atomic mass is 16.5. The van der Waals surface area contributed by atoms with Crippen LogP contribution in [0.3, 0.4) is 0 Å². The molecular formula is C14H26N2O. The molecular weight excluding hydrogens is 212 g/mol. The fourth-order valence-electron chi connectivity index (χ4n) is 1.96. The van der Waals surface area contributed by atoms with Crippen molar-refractivity contribution in [2.75, 3.05) is 20.3 Å². The summed E-state index contributed by atoms with van der Waals surface area (Å²) in [7, 11) is 1.73. The number of rotatable bonds is 9. The maximum Gasteiger partial charge on any atom is 0.0587 e. The molecule has 0 aliphatic carbocycles. The van der Waals surface area contributed by atoms with Gasteiger partial charge in [0.05, 0.1) is 6.61 Å². The van der Waals surface area contributed by atoms with E-state index in [2.05, 4.69) is 42.2 Å². The minimum Gasteiger partial charge on any atom is -0.383 e. The van der Waals surface area contributed by atoms with Gasteiger partial charge in [-0.05, 0) is 17.5 Å². The highest BCUT2D eigenvalue weighted by molar-refractivity contribution is 5.09. The zero-order valence-corrected chi connectivity index (χ0v) is 11.4. The van der Waals surface area contributed by atoms with Gasteiger partial charge in [0.2, 0.25) is 0 Å². The van der Waals surface area contributed by atoms with Crippen molar-refractivity contribution in [1.82, 2.24) is 9.88 Å². The Balaban J connectivity index is 2.32. The third-order valence-electron chi connectivity index (χ3n) is 3.25. The first kappa shape index (κ1) is 14.3. The van der Waals surface area contributed by atoms with Crippen LogP contribution in [-0.4, -0.2) is 24.8 Å². The summed E-state index contributed by atoms with van der Waals surface area (Å²) in [5.74, 6) is 0.803. The smallest absolute Gasteiger partial charge is 0.0587 e. The van der Waals surface area contributed by atoms with Crippen molar-refractivity contribution < 1.29 is 4.74 Å². The first-order chi connectivity index (χ1) is 8.30. The molecule has 1 N–H and O–H groups in total. The number of nitrogens with zero attached hydrogens (tertiary/aromatic N) is 1. The van der Waals surface area contributed by atoms with Crippen LogP contribution in [0, 0.1) is 5.92 Å². The Labute approximate surface area is 105 Å². The van der Waals surface area contributed by atoms with Crippen LogP contribution >= 0.6 is 0 Å². The summed E-state index contributed by atoms with van der Waals surface area (Å²) in [5.41, 5.74) is 1.35. The molecule has 0 aromatic carbocycles. The predicted octanol–water partition coefficient (Wildman–Crippen LogP) is 2.66. The maximum absolute atomic E-state index is 5.00. The summed E-state index contributed by atoms with van der Waals surface area (Å²) >= 11 is 0. The van der Waals surface area contributed by atoms with E-state index in [1.165, 1.54) is 18.4 Å². The van der Waals surface area contributed by atoms with Gasteiger partial charge in [0.25, 0.3) is 0 Å². The molecule has 0 bridgehead atoms. The molecule has 0 saturated heterocycles. The van der Waals surface area contributed by atoms with Gasteiger partial charge in [0.1, 0.15) is 0 Å². The summed E-state index contributed by atoms with van der Waals surface area (Å²) in [4.78, 5) is 0. The van der Waals surface area contributed by atoms with Gasteiger partial charge in [0, 0.05) is 39.1 Å². The molecule has 1 heterocycles. The van der Waals surface area contributed by atoms with Gasteiger partial charge in [-0.3, -0.25) is 0 Å². The number of hydrogen-bond donors (Lipinski definition) is 1. The fourth-order valence-corrected chi connectivity index (χ4v) is 1.96. The number of ether oxygens (including phenoxy) is 1. The van der Waals surface area contributed by atoms with Crippen LogP contribution in [0.2, 0.25) is 0 Å². The third-order valence-corrected chi connectivity index (χ3v) is 3.25. The monoisotopic (exact) mass is 238 g/mol. The lowest BCUT2D eigenvalue weighted by Gasteiger charge is -2.12. The summed E-state index contributed by atoms with van der Waals surface area (Å²) in [6, 6.07) is 2.20. The maximum atomic E-state index is 5.00. The van der Waals surface area contributed by atoms with Crippen molar-refractivity contribution in [2.24, 2.45) is 5.92 Å². The molecule has 0 atom stereocenters. The molecule has 1 rings (SSSR count). The summed E-state index contributed by atoms with van der Waals surface area (Å²) in [5, 5.41) is 3.36. The van der Waals surface area contributed by atoms with Crippen LogP contribution in [0.5, 0.6) is 0 Å². The molecule has 98 valence electrons. The van der Waals surface area contributed by atoms with Crippen molar-refractivity contribution in [3.05, 3.63) is 24.0 Å². The lowest BCUT2D eigenvalue weighted by atomic mass is 10.0. The molecule has 0 fully saturated rings. The zero-order valence-electron chi connectivity index (χ0n) is 11.4. The molecule has 0 aliphatic rings. The Morgan fingerprint density at radius 1 is 1.35 bits per heavy atom. The molecule has 0 radical (unpaired) electrons. The van der Waals surface area contributed by atoms with E-state index in [1.54, 1.807) is 7.11 Å². The normalized spacial score (nSPS) is 11.3. The number of hydrogen-bond acceptors (Lipinski definition) is 2. The lowest BCUT2D eigenvalue weighted by Crippen LogP contribution is -2.18. The zero-order chi connectivity index (χ0) is 12.5. The van der Waals surface area contributed by atoms with Crippen LogP contribution < -0.4 is 5.32 Å². The van der Waals surface area contributed by atoms with Crippen molar-refractivity contribution >= 4 is 0 Å². The van der Waals surface area contributed by atoms with E-state index in [1.807, 2.05) is 0 Å². The van der Waals surface area contributed by atoms with E-state index in [-0.39, 0.29) is 0 Å². The Bertz CT molecular complexity index is 292. The van der Waals surface area contributed by atoms with E-state index in [0.717, 1.165) is 32.2 Å². The fraction of sp³-hybridized carbons (Fsp3) is 0.714. The number of methoxy groups -OCH3 is 1. The van der Waals surface area contributed by atoms with Gasteiger partial charge in [-0.15, -0.1) is 0 Å². The molecule has 1 aromatic heterocycles. The van der Waals surface area contributed by atoms with Gasteiger partial charge in [-0.25, -0.2) is 0 Å². The van der Waals surface area contributed by atoms with Crippen molar-refractivity contribution in [2.45, 2.75) is 39.8 Å². The Morgan fingerprint density at radius 3 is 2.76 bits per heavy atom. The molecule has 3 heteroatoms. The minimum atomic E-state index is 0.772. The Kier molecular flexibility index (Phi) is 6.97. The van der Waals surface area contributed by atoms with Crippen LogP contribution in [0.4, 0.5) is 0 Å². The van der Waals surface area contributed by atoms with Crippen LogP contribution in [0.1, 0.15) is 32.3 Å². The van der Waals surface area contributed by atoms with Gasteiger partial charge < -0.3 is 14.6 Å². The molecule has 0 spiro atoms. The van der Waals surface area contributed by atoms with Crippen LogP contribution in [-0.2, 0) is 17.8 Å². The van der Waals surface area contributed by atoms with E-state index in [9.17, 15) is 0 Å². The van der Waals surface area contributed by atoms with E-state index in [4.69, 9.17) is 4.74 Å². The SMILES string of the molecule is CCC(CC)Cn1ccc(CNCCOC)c1. The molecule has 0 saturated carbocycles. The van der Waals surface area contributed by atoms with Crippen LogP contribution in [0.15, 0.2) is 18.5 Å². The van der Waals surface area contributed by atoms with Gasteiger partial charge in [-0.1, -0.05) is 26.7 Å². The van der Waals surface area contributed by atoms with Crippen molar-refractivity contribution in [3.8, 4) is 0 Å². The quantitative estimate of drug-likeness (QED) is 0.669. The number of nitrogens with one attached hydrogen (secondary N) is 1. The molecule has 0 amide bonds. The average Bonchev–Trinajstić information content (AvgIpc) is 2.79. The first-order valence-electron chi connectivity index (χ1n) is 6.64. The lowest BCUT2D eigenvalue weighted by molar-refractivity contribution is 0.199. The van der Waals surface area contributed by atoms with Crippen LogP contribution in [0.25, 0.3) is 0 Å².